The summed E-state index contributed by atoms with van der Waals surface area (Å²) in [6, 6.07) is 16.0. The summed E-state index contributed by atoms with van der Waals surface area (Å²) in [5, 5.41) is 12.5. The number of ether oxygens (including phenoxy) is 1. The maximum Gasteiger partial charge on any atom is 0.407 e. The summed E-state index contributed by atoms with van der Waals surface area (Å²) < 4.78 is 5.67. The summed E-state index contributed by atoms with van der Waals surface area (Å²) in [7, 11) is 0. The Morgan fingerprint density at radius 3 is 2.29 bits per heavy atom. The molecule has 7 nitrogen and oxygen atoms in total. The molecule has 2 aliphatic carbocycles. The van der Waals surface area contributed by atoms with Crippen LogP contribution in [0.4, 0.5) is 4.79 Å². The van der Waals surface area contributed by atoms with Gasteiger partial charge in [-0.15, -0.1) is 0 Å². The van der Waals surface area contributed by atoms with Gasteiger partial charge in [-0.1, -0.05) is 48.5 Å². The molecule has 2 aromatic rings. The second-order valence-electron chi connectivity index (χ2n) is 9.85. The lowest BCUT2D eigenvalue weighted by Crippen LogP contribution is -2.52. The van der Waals surface area contributed by atoms with Crippen LogP contribution in [0.5, 0.6) is 0 Å². The van der Waals surface area contributed by atoms with Crippen LogP contribution in [0.15, 0.2) is 48.5 Å². The van der Waals surface area contributed by atoms with E-state index in [4.69, 9.17) is 4.74 Å². The molecule has 7 heteroatoms. The first-order chi connectivity index (χ1) is 16.4. The molecule has 1 saturated heterocycles. The molecule has 2 atom stereocenters. The number of carboxylic acids is 1. The van der Waals surface area contributed by atoms with Crippen LogP contribution >= 0.6 is 0 Å². The normalized spacial score (nSPS) is 22.1. The van der Waals surface area contributed by atoms with Crippen LogP contribution in [0.1, 0.15) is 56.1 Å². The monoisotopic (exact) mass is 462 g/mol. The van der Waals surface area contributed by atoms with Crippen molar-refractivity contribution in [3.8, 4) is 11.1 Å². The van der Waals surface area contributed by atoms with E-state index in [9.17, 15) is 19.5 Å². The molecule has 2 N–H and O–H groups in total. The zero-order valence-electron chi connectivity index (χ0n) is 19.3. The Morgan fingerprint density at radius 2 is 1.71 bits per heavy atom. The Hall–Kier alpha value is -3.35. The highest BCUT2D eigenvalue weighted by atomic mass is 16.5. The molecule has 1 aliphatic heterocycles. The lowest BCUT2D eigenvalue weighted by Gasteiger charge is -2.32. The SMILES string of the molecule is C[C@@]1(C(=O)O)CCCN1C(=O)CC(NC(=O)OCC1c2ccccc2-c2ccccc21)C1CC1. The molecule has 1 saturated carbocycles. The summed E-state index contributed by atoms with van der Waals surface area (Å²) in [5.41, 5.74) is 3.45. The fourth-order valence-electron chi connectivity index (χ4n) is 5.51. The number of nitrogens with zero attached hydrogens (tertiary/aromatic N) is 1. The summed E-state index contributed by atoms with van der Waals surface area (Å²) in [4.78, 5) is 39.0. The topological polar surface area (TPSA) is 95.9 Å². The molecule has 2 aromatic carbocycles. The number of likely N-dealkylation sites (tertiary alicyclic amines) is 1. The van der Waals surface area contributed by atoms with Gasteiger partial charge in [-0.25, -0.2) is 9.59 Å². The fourth-order valence-corrected chi connectivity index (χ4v) is 5.51. The van der Waals surface area contributed by atoms with Crippen molar-refractivity contribution in [1.29, 1.82) is 0 Å². The third kappa shape index (κ3) is 4.04. The zero-order chi connectivity index (χ0) is 23.9. The number of hydrogen-bond donors (Lipinski definition) is 2. The van der Waals surface area contributed by atoms with Crippen LogP contribution in [0, 0.1) is 5.92 Å². The van der Waals surface area contributed by atoms with E-state index in [1.54, 1.807) is 6.92 Å². The quantitative estimate of drug-likeness (QED) is 0.644. The molecule has 2 amide bonds. The highest BCUT2D eigenvalue weighted by molar-refractivity contribution is 5.88. The molecule has 178 valence electrons. The summed E-state index contributed by atoms with van der Waals surface area (Å²) in [5.74, 6) is -1.01. The average Bonchev–Trinajstić information content (AvgIpc) is 3.52. The first-order valence-corrected chi connectivity index (χ1v) is 12.0. The van der Waals surface area contributed by atoms with Gasteiger partial charge in [0.05, 0.1) is 0 Å². The molecule has 5 rings (SSSR count). The molecule has 34 heavy (non-hydrogen) atoms. The Morgan fingerprint density at radius 1 is 1.09 bits per heavy atom. The van der Waals surface area contributed by atoms with Gasteiger partial charge < -0.3 is 20.1 Å². The Bertz CT molecular complexity index is 1080. The predicted octanol–water partition coefficient (Wildman–Crippen LogP) is 4.16. The van der Waals surface area contributed by atoms with Crippen LogP contribution in [0.3, 0.4) is 0 Å². The number of rotatable bonds is 7. The third-order valence-corrected chi connectivity index (χ3v) is 7.64. The molecule has 0 aromatic heterocycles. The van der Waals surface area contributed by atoms with Crippen molar-refractivity contribution in [1.82, 2.24) is 10.2 Å². The minimum Gasteiger partial charge on any atom is -0.480 e. The van der Waals surface area contributed by atoms with Gasteiger partial charge in [0.1, 0.15) is 12.1 Å². The largest absolute Gasteiger partial charge is 0.480 e. The Balaban J connectivity index is 1.23. The summed E-state index contributed by atoms with van der Waals surface area (Å²) >= 11 is 0. The molecular weight excluding hydrogens is 432 g/mol. The smallest absolute Gasteiger partial charge is 0.407 e. The second-order valence-corrected chi connectivity index (χ2v) is 9.85. The van der Waals surface area contributed by atoms with Crippen molar-refractivity contribution < 1.29 is 24.2 Å². The van der Waals surface area contributed by atoms with Crippen molar-refractivity contribution in [2.24, 2.45) is 5.92 Å². The van der Waals surface area contributed by atoms with Crippen LogP contribution in [-0.2, 0) is 14.3 Å². The van der Waals surface area contributed by atoms with E-state index in [0.29, 0.717) is 19.4 Å². The van der Waals surface area contributed by atoms with Crippen LogP contribution in [0.2, 0.25) is 0 Å². The van der Waals surface area contributed by atoms with Gasteiger partial charge in [-0.2, -0.15) is 0 Å². The lowest BCUT2D eigenvalue weighted by atomic mass is 9.98. The minimum atomic E-state index is -1.17. The van der Waals surface area contributed by atoms with Crippen molar-refractivity contribution in [2.45, 2.75) is 56.5 Å². The number of alkyl carbamates (subject to hydrolysis) is 1. The number of hydrogen-bond acceptors (Lipinski definition) is 4. The van der Waals surface area contributed by atoms with E-state index in [0.717, 1.165) is 24.0 Å². The number of carbonyl (C=O) groups is 3. The van der Waals surface area contributed by atoms with Gasteiger partial charge in [0.25, 0.3) is 0 Å². The van der Waals surface area contributed by atoms with Crippen molar-refractivity contribution in [3.63, 3.8) is 0 Å². The standard InChI is InChI=1S/C27H30N2O5/c1-27(25(31)32)13-6-14-29(27)24(30)15-23(17-11-12-17)28-26(33)34-16-22-20-9-4-2-7-18(20)19-8-3-5-10-21(19)22/h2-5,7-10,17,22-23H,6,11-16H2,1H3,(H,28,33)(H,31,32)/t23?,27-/m0/s1. The number of carboxylic acid groups (broad SMARTS) is 1. The van der Waals surface area contributed by atoms with Crippen molar-refractivity contribution in [2.75, 3.05) is 13.2 Å². The fraction of sp³-hybridized carbons (Fsp3) is 0.444. The zero-order valence-corrected chi connectivity index (χ0v) is 19.3. The maximum absolute atomic E-state index is 13.0. The van der Waals surface area contributed by atoms with E-state index in [2.05, 4.69) is 29.6 Å². The average molecular weight is 463 g/mol. The van der Waals surface area contributed by atoms with E-state index in [1.165, 1.54) is 16.0 Å². The number of fused-ring (bicyclic) bond motifs is 3. The maximum atomic E-state index is 13.0. The number of aliphatic carboxylic acids is 1. The molecule has 0 bridgehead atoms. The van der Waals surface area contributed by atoms with Gasteiger partial charge in [-0.3, -0.25) is 4.79 Å². The Kier molecular flexibility index (Phi) is 5.80. The number of carbonyl (C=O) groups excluding carboxylic acids is 2. The van der Waals surface area contributed by atoms with Crippen LogP contribution in [0.25, 0.3) is 11.1 Å². The first kappa shape index (κ1) is 22.4. The van der Waals surface area contributed by atoms with E-state index in [1.807, 2.05) is 24.3 Å². The van der Waals surface area contributed by atoms with Crippen molar-refractivity contribution >= 4 is 18.0 Å². The van der Waals surface area contributed by atoms with Gasteiger partial charge in [-0.05, 0) is 60.8 Å². The van der Waals surface area contributed by atoms with Gasteiger partial charge in [0, 0.05) is 24.9 Å². The second kappa shape index (κ2) is 8.78. The number of benzene rings is 2. The molecule has 0 spiro atoms. The van der Waals surface area contributed by atoms with E-state index < -0.39 is 17.6 Å². The van der Waals surface area contributed by atoms with Gasteiger partial charge in [0.15, 0.2) is 0 Å². The summed E-state index contributed by atoms with van der Waals surface area (Å²) in [6.07, 6.45) is 2.56. The highest BCUT2D eigenvalue weighted by Gasteiger charge is 2.47. The van der Waals surface area contributed by atoms with Gasteiger partial charge >= 0.3 is 12.1 Å². The molecule has 3 aliphatic rings. The Labute approximate surface area is 199 Å². The predicted molar refractivity (Wildman–Crippen MR) is 126 cm³/mol. The van der Waals surface area contributed by atoms with Crippen LogP contribution < -0.4 is 5.32 Å². The highest BCUT2D eigenvalue weighted by Crippen LogP contribution is 2.44. The van der Waals surface area contributed by atoms with E-state index >= 15 is 0 Å². The van der Waals surface area contributed by atoms with Gasteiger partial charge in [0.2, 0.25) is 5.91 Å². The third-order valence-electron chi connectivity index (χ3n) is 7.64. The lowest BCUT2D eigenvalue weighted by molar-refractivity contribution is -0.155. The minimum absolute atomic E-state index is 0.0277. The molecule has 0 radical (unpaired) electrons. The van der Waals surface area contributed by atoms with E-state index in [-0.39, 0.29) is 36.8 Å². The van der Waals surface area contributed by atoms with Crippen LogP contribution in [-0.4, -0.2) is 52.7 Å². The molecule has 1 unspecified atom stereocenters. The molecule has 1 heterocycles. The summed E-state index contributed by atoms with van der Waals surface area (Å²) in [6.45, 7) is 2.25. The molecular formula is C27H30N2O5. The molecule has 2 fully saturated rings. The van der Waals surface area contributed by atoms with Crippen molar-refractivity contribution in [3.05, 3.63) is 59.7 Å². The first-order valence-electron chi connectivity index (χ1n) is 12.0. The number of amides is 2. The number of nitrogens with one attached hydrogen (secondary N) is 1.